The first-order valence-electron chi connectivity index (χ1n) is 9.89. The predicted molar refractivity (Wildman–Crippen MR) is 102 cm³/mol. The fraction of sp³-hybridized carbons (Fsp3) is 0.947. The summed E-state index contributed by atoms with van der Waals surface area (Å²) >= 11 is 0. The van der Waals surface area contributed by atoms with E-state index in [2.05, 4.69) is 43.5 Å². The molecule has 2 rings (SSSR count). The van der Waals surface area contributed by atoms with Gasteiger partial charge in [-0.05, 0) is 65.5 Å². The van der Waals surface area contributed by atoms with Crippen LogP contribution >= 0.6 is 0 Å². The molecule has 1 aliphatic heterocycles. The van der Waals surface area contributed by atoms with Crippen LogP contribution in [0, 0.1) is 5.92 Å². The van der Waals surface area contributed by atoms with Crippen LogP contribution in [0.15, 0.2) is 4.99 Å². The molecule has 1 saturated carbocycles. The molecule has 5 nitrogen and oxygen atoms in total. The average molecular weight is 339 g/mol. The lowest BCUT2D eigenvalue weighted by molar-refractivity contribution is -0.00255. The lowest BCUT2D eigenvalue weighted by atomic mass is 9.84. The van der Waals surface area contributed by atoms with Crippen molar-refractivity contribution >= 4 is 5.96 Å². The van der Waals surface area contributed by atoms with Gasteiger partial charge >= 0.3 is 0 Å². The predicted octanol–water partition coefficient (Wildman–Crippen LogP) is 2.62. The standard InChI is InChI=1S/C19H38N4O/c1-5-16-7-9-17(10-8-16)22-18(20-6-2)21-15-19(23(3)4)11-13-24-14-12-19/h16-17H,5-15H2,1-4H3,(H2,20,21,22). The third-order valence-electron chi connectivity index (χ3n) is 6.01. The number of guanidine groups is 1. The molecule has 1 saturated heterocycles. The summed E-state index contributed by atoms with van der Waals surface area (Å²) in [4.78, 5) is 7.30. The maximum Gasteiger partial charge on any atom is 0.191 e. The molecule has 2 fully saturated rings. The Morgan fingerprint density at radius 3 is 2.33 bits per heavy atom. The van der Waals surface area contributed by atoms with E-state index in [1.54, 1.807) is 0 Å². The molecule has 0 unspecified atom stereocenters. The normalized spacial score (nSPS) is 28.0. The molecule has 0 atom stereocenters. The van der Waals surface area contributed by atoms with Gasteiger partial charge in [0.15, 0.2) is 5.96 Å². The van der Waals surface area contributed by atoms with E-state index in [4.69, 9.17) is 9.73 Å². The molecule has 24 heavy (non-hydrogen) atoms. The van der Waals surface area contributed by atoms with Gasteiger partial charge in [-0.3, -0.25) is 4.99 Å². The highest BCUT2D eigenvalue weighted by Gasteiger charge is 2.34. The van der Waals surface area contributed by atoms with E-state index in [0.29, 0.717) is 6.04 Å². The highest BCUT2D eigenvalue weighted by atomic mass is 16.5. The van der Waals surface area contributed by atoms with Crippen molar-refractivity contribution in [2.45, 2.75) is 70.4 Å². The number of hydrogen-bond donors (Lipinski definition) is 2. The molecule has 2 aliphatic rings. The van der Waals surface area contributed by atoms with Crippen molar-refractivity contribution in [2.24, 2.45) is 10.9 Å². The molecule has 0 spiro atoms. The fourth-order valence-electron chi connectivity index (χ4n) is 3.95. The Labute approximate surface area is 148 Å². The van der Waals surface area contributed by atoms with E-state index in [1.807, 2.05) is 0 Å². The maximum atomic E-state index is 5.56. The third-order valence-corrected chi connectivity index (χ3v) is 6.01. The number of ether oxygens (including phenoxy) is 1. The van der Waals surface area contributed by atoms with Crippen molar-refractivity contribution in [2.75, 3.05) is 40.4 Å². The minimum absolute atomic E-state index is 0.139. The van der Waals surface area contributed by atoms with Crippen LogP contribution in [0.3, 0.4) is 0 Å². The van der Waals surface area contributed by atoms with Crippen LogP contribution in [0.4, 0.5) is 0 Å². The largest absolute Gasteiger partial charge is 0.381 e. The monoisotopic (exact) mass is 338 g/mol. The zero-order valence-corrected chi connectivity index (χ0v) is 16.2. The van der Waals surface area contributed by atoms with Gasteiger partial charge in [0.1, 0.15) is 0 Å². The second-order valence-electron chi connectivity index (χ2n) is 7.70. The summed E-state index contributed by atoms with van der Waals surface area (Å²) in [6.07, 6.45) is 8.70. The Bertz CT molecular complexity index is 383. The van der Waals surface area contributed by atoms with Gasteiger partial charge in [-0.15, -0.1) is 0 Å². The Balaban J connectivity index is 1.94. The lowest BCUT2D eigenvalue weighted by Gasteiger charge is -2.41. The summed E-state index contributed by atoms with van der Waals surface area (Å²) in [7, 11) is 4.35. The van der Waals surface area contributed by atoms with E-state index in [0.717, 1.165) is 51.0 Å². The Kier molecular flexibility index (Phi) is 7.82. The van der Waals surface area contributed by atoms with Crippen molar-refractivity contribution in [1.82, 2.24) is 15.5 Å². The smallest absolute Gasteiger partial charge is 0.191 e. The van der Waals surface area contributed by atoms with Crippen LogP contribution in [-0.2, 0) is 4.74 Å². The van der Waals surface area contributed by atoms with Crippen molar-refractivity contribution in [3.05, 3.63) is 0 Å². The minimum Gasteiger partial charge on any atom is -0.381 e. The zero-order valence-electron chi connectivity index (χ0n) is 16.2. The van der Waals surface area contributed by atoms with Crippen molar-refractivity contribution in [3.8, 4) is 0 Å². The molecule has 5 heteroatoms. The third kappa shape index (κ3) is 5.35. The topological polar surface area (TPSA) is 48.9 Å². The van der Waals surface area contributed by atoms with Crippen molar-refractivity contribution in [1.29, 1.82) is 0 Å². The summed E-state index contributed by atoms with van der Waals surface area (Å²) in [6, 6.07) is 0.579. The van der Waals surface area contributed by atoms with Gasteiger partial charge in [-0.25, -0.2) is 0 Å². The Hall–Kier alpha value is -0.810. The molecule has 0 bridgehead atoms. The number of rotatable bonds is 6. The number of likely N-dealkylation sites (N-methyl/N-ethyl adjacent to an activating group) is 1. The summed E-state index contributed by atoms with van der Waals surface area (Å²) in [5, 5.41) is 7.13. The van der Waals surface area contributed by atoms with Crippen molar-refractivity contribution in [3.63, 3.8) is 0 Å². The van der Waals surface area contributed by atoms with Crippen LogP contribution in [0.2, 0.25) is 0 Å². The molecule has 140 valence electrons. The van der Waals surface area contributed by atoms with Crippen LogP contribution in [0.1, 0.15) is 58.8 Å². The van der Waals surface area contributed by atoms with E-state index in [9.17, 15) is 0 Å². The average Bonchev–Trinajstić information content (AvgIpc) is 2.61. The number of nitrogens with zero attached hydrogens (tertiary/aromatic N) is 2. The number of nitrogens with one attached hydrogen (secondary N) is 2. The first-order chi connectivity index (χ1) is 11.6. The molecular formula is C19H38N4O. The van der Waals surface area contributed by atoms with Gasteiger partial charge in [-0.1, -0.05) is 13.3 Å². The molecule has 0 aromatic carbocycles. The van der Waals surface area contributed by atoms with E-state index < -0.39 is 0 Å². The van der Waals surface area contributed by atoms with Crippen LogP contribution < -0.4 is 10.6 Å². The zero-order chi connectivity index (χ0) is 17.4. The quantitative estimate of drug-likeness (QED) is 0.577. The van der Waals surface area contributed by atoms with E-state index in [1.165, 1.54) is 32.1 Å². The van der Waals surface area contributed by atoms with Gasteiger partial charge in [-0.2, -0.15) is 0 Å². The molecule has 0 amide bonds. The van der Waals surface area contributed by atoms with Crippen LogP contribution in [0.25, 0.3) is 0 Å². The van der Waals surface area contributed by atoms with Gasteiger partial charge in [0, 0.05) is 31.3 Å². The molecular weight excluding hydrogens is 300 g/mol. The van der Waals surface area contributed by atoms with E-state index >= 15 is 0 Å². The van der Waals surface area contributed by atoms with Gasteiger partial charge in [0.25, 0.3) is 0 Å². The van der Waals surface area contributed by atoms with Crippen LogP contribution in [-0.4, -0.2) is 62.8 Å². The second kappa shape index (κ2) is 9.62. The highest BCUT2D eigenvalue weighted by Crippen LogP contribution is 2.27. The Morgan fingerprint density at radius 2 is 1.79 bits per heavy atom. The molecule has 1 aliphatic carbocycles. The van der Waals surface area contributed by atoms with E-state index in [-0.39, 0.29) is 5.54 Å². The first kappa shape index (κ1) is 19.5. The summed E-state index contributed by atoms with van der Waals surface area (Å²) in [6.45, 7) is 7.90. The molecule has 1 heterocycles. The van der Waals surface area contributed by atoms with Crippen LogP contribution in [0.5, 0.6) is 0 Å². The highest BCUT2D eigenvalue weighted by molar-refractivity contribution is 5.80. The first-order valence-corrected chi connectivity index (χ1v) is 9.89. The summed E-state index contributed by atoms with van der Waals surface area (Å²) in [5.74, 6) is 1.92. The van der Waals surface area contributed by atoms with Crippen molar-refractivity contribution < 1.29 is 4.74 Å². The molecule has 0 radical (unpaired) electrons. The molecule has 0 aromatic rings. The second-order valence-corrected chi connectivity index (χ2v) is 7.70. The van der Waals surface area contributed by atoms with Gasteiger partial charge in [0.2, 0.25) is 0 Å². The molecule has 0 aromatic heterocycles. The van der Waals surface area contributed by atoms with Gasteiger partial charge < -0.3 is 20.3 Å². The summed E-state index contributed by atoms with van der Waals surface area (Å²) < 4.78 is 5.56. The Morgan fingerprint density at radius 1 is 1.12 bits per heavy atom. The lowest BCUT2D eigenvalue weighted by Crippen LogP contribution is -2.52. The fourth-order valence-corrected chi connectivity index (χ4v) is 3.95. The minimum atomic E-state index is 0.139. The summed E-state index contributed by atoms with van der Waals surface area (Å²) in [5.41, 5.74) is 0.139. The maximum absolute atomic E-state index is 5.56. The molecule has 2 N–H and O–H groups in total. The SMILES string of the molecule is CCNC(=NCC1(N(C)C)CCOCC1)NC1CCC(CC)CC1. The number of aliphatic imine (C=N–C) groups is 1. The van der Waals surface area contributed by atoms with Gasteiger partial charge in [0.05, 0.1) is 6.54 Å². The number of hydrogen-bond acceptors (Lipinski definition) is 3.